The van der Waals surface area contributed by atoms with Crippen molar-refractivity contribution in [3.8, 4) is 0 Å². The van der Waals surface area contributed by atoms with Crippen LogP contribution >= 0.6 is 0 Å². The van der Waals surface area contributed by atoms with E-state index in [1.165, 1.54) is 6.42 Å². The minimum absolute atomic E-state index is 0.0374. The van der Waals surface area contributed by atoms with E-state index in [-0.39, 0.29) is 17.7 Å². The maximum Gasteiger partial charge on any atom is 0.305 e. The van der Waals surface area contributed by atoms with Gasteiger partial charge in [-0.3, -0.25) is 9.59 Å². The molecule has 0 heterocycles. The highest BCUT2D eigenvalue weighted by Crippen LogP contribution is 2.37. The Hall–Kier alpha value is -1.06. The van der Waals surface area contributed by atoms with Crippen LogP contribution in [0.3, 0.4) is 0 Å². The molecule has 4 nitrogen and oxygen atoms in total. The van der Waals surface area contributed by atoms with Gasteiger partial charge >= 0.3 is 5.97 Å². The van der Waals surface area contributed by atoms with Crippen LogP contribution in [0.5, 0.6) is 0 Å². The van der Waals surface area contributed by atoms with E-state index in [0.29, 0.717) is 13.1 Å². The van der Waals surface area contributed by atoms with Crippen molar-refractivity contribution in [2.75, 3.05) is 13.1 Å². The molecule has 0 aliphatic heterocycles. The van der Waals surface area contributed by atoms with Gasteiger partial charge in [-0.1, -0.05) is 26.2 Å². The molecule has 1 aliphatic carbocycles. The first-order valence-corrected chi connectivity index (χ1v) is 6.51. The lowest BCUT2D eigenvalue weighted by Gasteiger charge is -2.36. The fourth-order valence-electron chi connectivity index (χ4n) is 2.56. The van der Waals surface area contributed by atoms with E-state index < -0.39 is 5.97 Å². The third-order valence-electron chi connectivity index (χ3n) is 3.74. The molecule has 0 radical (unpaired) electrons. The molecule has 17 heavy (non-hydrogen) atoms. The van der Waals surface area contributed by atoms with Crippen LogP contribution in [0.2, 0.25) is 0 Å². The number of aliphatic carboxylic acids is 1. The third-order valence-corrected chi connectivity index (χ3v) is 3.74. The Kier molecular flexibility index (Phi) is 4.97. The van der Waals surface area contributed by atoms with Gasteiger partial charge in [0.1, 0.15) is 0 Å². The van der Waals surface area contributed by atoms with Crippen LogP contribution < -0.4 is 0 Å². The Morgan fingerprint density at radius 2 is 1.82 bits per heavy atom. The molecule has 1 N–H and O–H groups in total. The number of carboxylic acids is 1. The molecule has 0 aromatic carbocycles. The lowest BCUT2D eigenvalue weighted by atomic mass is 9.74. The van der Waals surface area contributed by atoms with Gasteiger partial charge in [-0.25, -0.2) is 0 Å². The van der Waals surface area contributed by atoms with Gasteiger partial charge in [0.2, 0.25) is 5.91 Å². The predicted molar refractivity (Wildman–Crippen MR) is 65.7 cm³/mol. The summed E-state index contributed by atoms with van der Waals surface area (Å²) in [6, 6.07) is 0. The first-order valence-electron chi connectivity index (χ1n) is 6.51. The fraction of sp³-hybridized carbons (Fsp3) is 0.846. The number of carboxylic acid groups (broad SMARTS) is 1. The molecule has 0 atom stereocenters. The molecule has 0 saturated heterocycles. The Morgan fingerprint density at radius 1 is 1.24 bits per heavy atom. The highest BCUT2D eigenvalue weighted by molar-refractivity contribution is 5.82. The van der Waals surface area contributed by atoms with Crippen molar-refractivity contribution in [1.29, 1.82) is 0 Å². The topological polar surface area (TPSA) is 57.6 Å². The second-order valence-electron chi connectivity index (χ2n) is 5.15. The van der Waals surface area contributed by atoms with Crippen LogP contribution in [0, 0.1) is 5.41 Å². The molecule has 4 heteroatoms. The smallest absolute Gasteiger partial charge is 0.305 e. The highest BCUT2D eigenvalue weighted by atomic mass is 16.4. The average molecular weight is 241 g/mol. The number of carbonyl (C=O) groups is 2. The van der Waals surface area contributed by atoms with Gasteiger partial charge in [0, 0.05) is 18.5 Å². The van der Waals surface area contributed by atoms with Crippen LogP contribution in [0.1, 0.15) is 52.4 Å². The van der Waals surface area contributed by atoms with Gasteiger partial charge in [-0.05, 0) is 19.8 Å². The van der Waals surface area contributed by atoms with Crippen LogP contribution in [-0.4, -0.2) is 35.0 Å². The Balaban J connectivity index is 2.60. The molecule has 0 aromatic rings. The first-order chi connectivity index (χ1) is 7.99. The van der Waals surface area contributed by atoms with Crippen LogP contribution in [0.4, 0.5) is 0 Å². The van der Waals surface area contributed by atoms with Crippen molar-refractivity contribution in [2.45, 2.75) is 52.4 Å². The molecule has 1 saturated carbocycles. The maximum atomic E-state index is 12.4. The van der Waals surface area contributed by atoms with E-state index in [4.69, 9.17) is 5.11 Å². The lowest BCUT2D eigenvalue weighted by molar-refractivity contribution is -0.144. The summed E-state index contributed by atoms with van der Waals surface area (Å²) in [6.07, 6.45) is 5.35. The summed E-state index contributed by atoms with van der Waals surface area (Å²) in [7, 11) is 0. The number of carbonyl (C=O) groups excluding carboxylic acids is 1. The molecule has 1 aliphatic rings. The summed E-state index contributed by atoms with van der Waals surface area (Å²) in [5.74, 6) is -0.703. The van der Waals surface area contributed by atoms with Crippen LogP contribution in [-0.2, 0) is 9.59 Å². The fourth-order valence-corrected chi connectivity index (χ4v) is 2.56. The average Bonchev–Trinajstić information content (AvgIpc) is 2.30. The summed E-state index contributed by atoms with van der Waals surface area (Å²) in [5.41, 5.74) is -0.257. The SMILES string of the molecule is CCN(CCC(=O)O)C(=O)C1(C)CCCCC1. The molecular weight excluding hydrogens is 218 g/mol. The summed E-state index contributed by atoms with van der Waals surface area (Å²) >= 11 is 0. The Bertz CT molecular complexity index is 282. The standard InChI is InChI=1S/C13H23NO3/c1-3-14(10-7-11(15)16)12(17)13(2)8-5-4-6-9-13/h3-10H2,1-2H3,(H,15,16). The molecule has 0 bridgehead atoms. The maximum absolute atomic E-state index is 12.4. The summed E-state index contributed by atoms with van der Waals surface area (Å²) in [6.45, 7) is 4.87. The van der Waals surface area contributed by atoms with Gasteiger partial charge in [0.05, 0.1) is 6.42 Å². The number of hydrogen-bond donors (Lipinski definition) is 1. The van der Waals surface area contributed by atoms with Gasteiger partial charge in [0.25, 0.3) is 0 Å². The second-order valence-corrected chi connectivity index (χ2v) is 5.15. The van der Waals surface area contributed by atoms with E-state index >= 15 is 0 Å². The molecule has 1 fully saturated rings. The van der Waals surface area contributed by atoms with Gasteiger partial charge in [0.15, 0.2) is 0 Å². The zero-order valence-electron chi connectivity index (χ0n) is 10.9. The zero-order valence-corrected chi connectivity index (χ0v) is 10.9. The zero-order chi connectivity index (χ0) is 12.9. The Morgan fingerprint density at radius 3 is 2.29 bits per heavy atom. The monoisotopic (exact) mass is 241 g/mol. The van der Waals surface area contributed by atoms with E-state index in [1.54, 1.807) is 4.90 Å². The van der Waals surface area contributed by atoms with Crippen molar-refractivity contribution in [2.24, 2.45) is 5.41 Å². The lowest BCUT2D eigenvalue weighted by Crippen LogP contribution is -2.44. The van der Waals surface area contributed by atoms with Crippen molar-refractivity contribution in [3.63, 3.8) is 0 Å². The minimum Gasteiger partial charge on any atom is -0.481 e. The van der Waals surface area contributed by atoms with E-state index in [9.17, 15) is 9.59 Å². The van der Waals surface area contributed by atoms with Crippen molar-refractivity contribution in [3.05, 3.63) is 0 Å². The van der Waals surface area contributed by atoms with Crippen LogP contribution in [0.15, 0.2) is 0 Å². The summed E-state index contributed by atoms with van der Waals surface area (Å²) < 4.78 is 0. The summed E-state index contributed by atoms with van der Waals surface area (Å²) in [4.78, 5) is 24.7. The van der Waals surface area contributed by atoms with Gasteiger partial charge in [-0.2, -0.15) is 0 Å². The molecular formula is C13H23NO3. The summed E-state index contributed by atoms with van der Waals surface area (Å²) in [5, 5.41) is 8.68. The van der Waals surface area contributed by atoms with E-state index in [2.05, 4.69) is 0 Å². The first kappa shape index (κ1) is 14.0. The van der Waals surface area contributed by atoms with Gasteiger partial charge in [-0.15, -0.1) is 0 Å². The minimum atomic E-state index is -0.843. The molecule has 1 rings (SSSR count). The molecule has 98 valence electrons. The quantitative estimate of drug-likeness (QED) is 0.803. The molecule has 0 spiro atoms. The Labute approximate surface area is 103 Å². The van der Waals surface area contributed by atoms with Crippen molar-refractivity contribution >= 4 is 11.9 Å². The second kappa shape index (κ2) is 6.03. The number of amides is 1. The number of hydrogen-bond acceptors (Lipinski definition) is 2. The van der Waals surface area contributed by atoms with E-state index in [0.717, 1.165) is 25.7 Å². The molecule has 0 unspecified atom stereocenters. The molecule has 0 aromatic heterocycles. The largest absolute Gasteiger partial charge is 0.481 e. The predicted octanol–water partition coefficient (Wildman–Crippen LogP) is 2.28. The highest BCUT2D eigenvalue weighted by Gasteiger charge is 2.37. The number of rotatable bonds is 5. The van der Waals surface area contributed by atoms with Crippen molar-refractivity contribution < 1.29 is 14.7 Å². The van der Waals surface area contributed by atoms with Crippen LogP contribution in [0.25, 0.3) is 0 Å². The van der Waals surface area contributed by atoms with E-state index in [1.807, 2.05) is 13.8 Å². The van der Waals surface area contributed by atoms with Crippen molar-refractivity contribution in [1.82, 2.24) is 4.90 Å². The molecule has 1 amide bonds. The number of nitrogens with zero attached hydrogens (tertiary/aromatic N) is 1. The normalized spacial score (nSPS) is 18.7. The van der Waals surface area contributed by atoms with Gasteiger partial charge < -0.3 is 10.0 Å². The third kappa shape index (κ3) is 3.72.